The van der Waals surface area contributed by atoms with Crippen molar-refractivity contribution in [2.75, 3.05) is 0 Å². The Morgan fingerprint density at radius 1 is 0.750 bits per heavy atom. The minimum atomic E-state index is 0.216. The van der Waals surface area contributed by atoms with Gasteiger partial charge in [0.1, 0.15) is 12.6 Å². The van der Waals surface area contributed by atoms with Crippen LogP contribution in [0.2, 0.25) is 0 Å². The molecule has 0 amide bonds. The molecule has 1 fully saturated rings. The second-order valence-corrected chi connectivity index (χ2v) is 3.65. The van der Waals surface area contributed by atoms with Crippen LogP contribution in [0.25, 0.3) is 0 Å². The van der Waals surface area contributed by atoms with Gasteiger partial charge in [-0.05, 0) is 25.7 Å². The lowest BCUT2D eigenvalue weighted by molar-refractivity contribution is -0.114. The summed E-state index contributed by atoms with van der Waals surface area (Å²) >= 11 is 0. The maximum Gasteiger partial charge on any atom is 0.123 e. The molecular formula is C10H16O2. The van der Waals surface area contributed by atoms with Gasteiger partial charge in [-0.3, -0.25) is 0 Å². The van der Waals surface area contributed by atoms with E-state index in [1.807, 2.05) is 0 Å². The Bertz CT molecular complexity index is 136. The number of hydrogen-bond acceptors (Lipinski definition) is 2. The number of rotatable bonds is 2. The minimum absolute atomic E-state index is 0.216. The van der Waals surface area contributed by atoms with Crippen LogP contribution in [0.15, 0.2) is 0 Å². The molecule has 2 nitrogen and oxygen atoms in total. The van der Waals surface area contributed by atoms with E-state index in [4.69, 9.17) is 0 Å². The highest BCUT2D eigenvalue weighted by Gasteiger charge is 2.15. The van der Waals surface area contributed by atoms with Crippen LogP contribution in [-0.4, -0.2) is 12.6 Å². The molecule has 0 aromatic heterocycles. The summed E-state index contributed by atoms with van der Waals surface area (Å²) in [6.07, 6.45) is 8.17. The van der Waals surface area contributed by atoms with Crippen molar-refractivity contribution in [1.29, 1.82) is 0 Å². The number of carbonyl (C=O) groups is 2. The average Bonchev–Trinajstić information content (AvgIpc) is 2.05. The van der Waals surface area contributed by atoms with Crippen LogP contribution < -0.4 is 0 Å². The summed E-state index contributed by atoms with van der Waals surface area (Å²) in [6, 6.07) is 0. The van der Waals surface area contributed by atoms with Crippen molar-refractivity contribution in [3.8, 4) is 0 Å². The van der Waals surface area contributed by atoms with Crippen molar-refractivity contribution >= 4 is 12.6 Å². The summed E-state index contributed by atoms with van der Waals surface area (Å²) in [6.45, 7) is 0. The van der Waals surface area contributed by atoms with E-state index in [-0.39, 0.29) is 11.8 Å². The van der Waals surface area contributed by atoms with E-state index >= 15 is 0 Å². The van der Waals surface area contributed by atoms with E-state index in [1.165, 1.54) is 0 Å². The van der Waals surface area contributed by atoms with Gasteiger partial charge in [-0.1, -0.05) is 12.8 Å². The Morgan fingerprint density at radius 3 is 1.50 bits per heavy atom. The predicted molar refractivity (Wildman–Crippen MR) is 46.8 cm³/mol. The summed E-state index contributed by atoms with van der Waals surface area (Å²) in [5.74, 6) is 0.431. The molecule has 1 aliphatic rings. The molecule has 0 bridgehead atoms. The van der Waals surface area contributed by atoms with Gasteiger partial charge in [0, 0.05) is 11.8 Å². The Kier molecular flexibility index (Phi) is 3.98. The smallest absolute Gasteiger partial charge is 0.123 e. The molecule has 1 saturated carbocycles. The topological polar surface area (TPSA) is 34.1 Å². The van der Waals surface area contributed by atoms with Gasteiger partial charge in [-0.25, -0.2) is 0 Å². The molecule has 0 unspecified atom stereocenters. The summed E-state index contributed by atoms with van der Waals surface area (Å²) < 4.78 is 0. The molecule has 2 atom stereocenters. The molecule has 0 radical (unpaired) electrons. The summed E-state index contributed by atoms with van der Waals surface area (Å²) in [7, 11) is 0. The Balaban J connectivity index is 2.37. The fraction of sp³-hybridized carbons (Fsp3) is 0.800. The van der Waals surface area contributed by atoms with Crippen molar-refractivity contribution < 1.29 is 9.59 Å². The van der Waals surface area contributed by atoms with Gasteiger partial charge in [0.15, 0.2) is 0 Å². The highest BCUT2D eigenvalue weighted by atomic mass is 16.1. The summed E-state index contributed by atoms with van der Waals surface area (Å²) in [5.41, 5.74) is 0. The Labute approximate surface area is 73.3 Å². The van der Waals surface area contributed by atoms with Gasteiger partial charge >= 0.3 is 0 Å². The van der Waals surface area contributed by atoms with Gasteiger partial charge in [0.2, 0.25) is 0 Å². The standard InChI is InChI=1S/C10H16O2/c11-7-9-3-1-2-4-10(8-12)6-5-9/h7-10H,1-6H2/t9-,10-/m1/s1. The first-order valence-electron chi connectivity index (χ1n) is 4.77. The zero-order chi connectivity index (χ0) is 8.81. The first-order valence-corrected chi connectivity index (χ1v) is 4.77. The third-order valence-corrected chi connectivity index (χ3v) is 2.69. The minimum Gasteiger partial charge on any atom is -0.303 e. The van der Waals surface area contributed by atoms with E-state index in [9.17, 15) is 9.59 Å². The molecule has 0 spiro atoms. The second kappa shape index (κ2) is 5.07. The van der Waals surface area contributed by atoms with E-state index < -0.39 is 0 Å². The Morgan fingerprint density at radius 2 is 1.17 bits per heavy atom. The average molecular weight is 168 g/mol. The normalized spacial score (nSPS) is 31.7. The highest BCUT2D eigenvalue weighted by Crippen LogP contribution is 2.23. The molecular weight excluding hydrogens is 152 g/mol. The van der Waals surface area contributed by atoms with E-state index in [0.717, 1.165) is 51.1 Å². The first-order chi connectivity index (χ1) is 5.86. The van der Waals surface area contributed by atoms with E-state index in [1.54, 1.807) is 0 Å². The van der Waals surface area contributed by atoms with Crippen LogP contribution in [0.5, 0.6) is 0 Å². The van der Waals surface area contributed by atoms with Crippen molar-refractivity contribution in [2.24, 2.45) is 11.8 Å². The molecule has 2 heteroatoms. The molecule has 1 rings (SSSR count). The molecule has 1 aliphatic carbocycles. The zero-order valence-electron chi connectivity index (χ0n) is 7.37. The van der Waals surface area contributed by atoms with Crippen LogP contribution in [-0.2, 0) is 9.59 Å². The van der Waals surface area contributed by atoms with Gasteiger partial charge < -0.3 is 9.59 Å². The van der Waals surface area contributed by atoms with E-state index in [2.05, 4.69) is 0 Å². The van der Waals surface area contributed by atoms with Gasteiger partial charge in [0.05, 0.1) is 0 Å². The monoisotopic (exact) mass is 168 g/mol. The van der Waals surface area contributed by atoms with Crippen LogP contribution in [0.1, 0.15) is 38.5 Å². The third-order valence-electron chi connectivity index (χ3n) is 2.69. The zero-order valence-corrected chi connectivity index (χ0v) is 7.37. The van der Waals surface area contributed by atoms with Crippen molar-refractivity contribution in [3.05, 3.63) is 0 Å². The fourth-order valence-electron chi connectivity index (χ4n) is 1.80. The number of aldehydes is 2. The van der Waals surface area contributed by atoms with Gasteiger partial charge in [-0.2, -0.15) is 0 Å². The maximum atomic E-state index is 10.5. The maximum absolute atomic E-state index is 10.5. The van der Waals surface area contributed by atoms with Gasteiger partial charge in [0.25, 0.3) is 0 Å². The quantitative estimate of drug-likeness (QED) is 0.591. The fourth-order valence-corrected chi connectivity index (χ4v) is 1.80. The summed E-state index contributed by atoms with van der Waals surface area (Å²) in [4.78, 5) is 21.1. The molecule has 0 aliphatic heterocycles. The lowest BCUT2D eigenvalue weighted by atomic mass is 9.87. The molecule has 0 aromatic carbocycles. The van der Waals surface area contributed by atoms with E-state index in [0.29, 0.717) is 0 Å². The largest absolute Gasteiger partial charge is 0.303 e. The lowest BCUT2D eigenvalue weighted by Gasteiger charge is -2.17. The van der Waals surface area contributed by atoms with Crippen molar-refractivity contribution in [2.45, 2.75) is 38.5 Å². The van der Waals surface area contributed by atoms with Crippen LogP contribution in [0.3, 0.4) is 0 Å². The van der Waals surface area contributed by atoms with Crippen LogP contribution in [0, 0.1) is 11.8 Å². The molecule has 0 aromatic rings. The SMILES string of the molecule is O=C[C@@H]1CCCC[C@@H](C=O)CC1. The van der Waals surface area contributed by atoms with Crippen LogP contribution >= 0.6 is 0 Å². The highest BCUT2D eigenvalue weighted by molar-refractivity contribution is 5.55. The second-order valence-electron chi connectivity index (χ2n) is 3.65. The molecule has 0 N–H and O–H groups in total. The number of carbonyl (C=O) groups excluding carboxylic acids is 2. The molecule has 68 valence electrons. The first kappa shape index (κ1) is 9.43. The lowest BCUT2D eigenvalue weighted by Crippen LogP contribution is -2.11. The summed E-state index contributed by atoms with van der Waals surface area (Å²) in [5, 5.41) is 0. The molecule has 0 saturated heterocycles. The predicted octanol–water partition coefficient (Wildman–Crippen LogP) is 1.97. The number of hydrogen-bond donors (Lipinski definition) is 0. The van der Waals surface area contributed by atoms with Crippen molar-refractivity contribution in [3.63, 3.8) is 0 Å². The third kappa shape index (κ3) is 2.76. The van der Waals surface area contributed by atoms with Crippen molar-refractivity contribution in [1.82, 2.24) is 0 Å². The molecule has 12 heavy (non-hydrogen) atoms. The Hall–Kier alpha value is -0.660. The van der Waals surface area contributed by atoms with Crippen LogP contribution in [0.4, 0.5) is 0 Å². The molecule has 0 heterocycles. The van der Waals surface area contributed by atoms with Gasteiger partial charge in [-0.15, -0.1) is 0 Å².